The van der Waals surface area contributed by atoms with Gasteiger partial charge in [-0.3, -0.25) is 4.79 Å². The SMILES string of the molecule is CCOC(=O)Cc1ccc(C#CC2CC(CC)(CC)c3ccc(C)cc3O2)nn1. The zero-order valence-corrected chi connectivity index (χ0v) is 17.6. The molecule has 1 unspecified atom stereocenters. The van der Waals surface area contributed by atoms with Gasteiger partial charge >= 0.3 is 5.97 Å². The molecule has 152 valence electrons. The minimum atomic E-state index is -0.305. The van der Waals surface area contributed by atoms with E-state index in [0.29, 0.717) is 18.0 Å². The molecule has 1 aliphatic heterocycles. The van der Waals surface area contributed by atoms with Crippen LogP contribution in [0.3, 0.4) is 0 Å². The first-order chi connectivity index (χ1) is 14.0. The number of carbonyl (C=O) groups is 1. The molecule has 0 fully saturated rings. The smallest absolute Gasteiger partial charge is 0.311 e. The van der Waals surface area contributed by atoms with E-state index in [2.05, 4.69) is 61.0 Å². The number of ether oxygens (including phenoxy) is 2. The fourth-order valence-electron chi connectivity index (χ4n) is 3.86. The van der Waals surface area contributed by atoms with E-state index in [9.17, 15) is 4.79 Å². The summed E-state index contributed by atoms with van der Waals surface area (Å²) in [6.45, 7) is 8.68. The summed E-state index contributed by atoms with van der Waals surface area (Å²) in [6, 6.07) is 10.0. The third-order valence-corrected chi connectivity index (χ3v) is 5.62. The molecule has 0 aliphatic carbocycles. The molecule has 5 heteroatoms. The van der Waals surface area contributed by atoms with E-state index in [4.69, 9.17) is 9.47 Å². The van der Waals surface area contributed by atoms with Gasteiger partial charge in [0.1, 0.15) is 11.4 Å². The van der Waals surface area contributed by atoms with Gasteiger partial charge < -0.3 is 9.47 Å². The first-order valence-corrected chi connectivity index (χ1v) is 10.3. The Hall–Kier alpha value is -2.87. The highest BCUT2D eigenvalue weighted by molar-refractivity contribution is 5.71. The number of hydrogen-bond acceptors (Lipinski definition) is 5. The Kier molecular flexibility index (Phi) is 6.53. The monoisotopic (exact) mass is 392 g/mol. The van der Waals surface area contributed by atoms with Crippen molar-refractivity contribution >= 4 is 5.97 Å². The van der Waals surface area contributed by atoms with Crippen molar-refractivity contribution in [3.05, 3.63) is 52.8 Å². The lowest BCUT2D eigenvalue weighted by atomic mass is 9.70. The van der Waals surface area contributed by atoms with E-state index in [0.717, 1.165) is 25.0 Å². The van der Waals surface area contributed by atoms with Gasteiger partial charge in [-0.15, -0.1) is 5.10 Å². The van der Waals surface area contributed by atoms with Gasteiger partial charge in [-0.05, 0) is 56.4 Å². The first kappa shape index (κ1) is 20.9. The number of benzene rings is 1. The molecule has 1 atom stereocenters. The molecule has 0 amide bonds. The van der Waals surface area contributed by atoms with Crippen LogP contribution in [0, 0.1) is 18.8 Å². The van der Waals surface area contributed by atoms with Crippen molar-refractivity contribution in [1.82, 2.24) is 10.2 Å². The van der Waals surface area contributed by atoms with Crippen LogP contribution in [0.1, 0.15) is 62.5 Å². The average molecular weight is 392 g/mol. The Morgan fingerprint density at radius 2 is 2.00 bits per heavy atom. The minimum absolute atomic E-state index is 0.0792. The molecule has 2 aromatic rings. The van der Waals surface area contributed by atoms with Crippen molar-refractivity contribution in [3.63, 3.8) is 0 Å². The molecular weight excluding hydrogens is 364 g/mol. The maximum atomic E-state index is 11.5. The molecule has 29 heavy (non-hydrogen) atoms. The van der Waals surface area contributed by atoms with Gasteiger partial charge in [-0.2, -0.15) is 5.10 Å². The molecule has 0 N–H and O–H groups in total. The summed E-state index contributed by atoms with van der Waals surface area (Å²) < 4.78 is 11.1. The zero-order chi connectivity index (χ0) is 20.9. The topological polar surface area (TPSA) is 61.3 Å². The predicted octanol–water partition coefficient (Wildman–Crippen LogP) is 4.15. The lowest BCUT2D eigenvalue weighted by Crippen LogP contribution is -2.37. The number of fused-ring (bicyclic) bond motifs is 1. The van der Waals surface area contributed by atoms with Crippen LogP contribution in [0.25, 0.3) is 0 Å². The van der Waals surface area contributed by atoms with Crippen molar-refractivity contribution < 1.29 is 14.3 Å². The highest BCUT2D eigenvalue weighted by atomic mass is 16.5. The number of rotatable bonds is 5. The third kappa shape index (κ3) is 4.76. The zero-order valence-electron chi connectivity index (χ0n) is 17.6. The lowest BCUT2D eigenvalue weighted by Gasteiger charge is -2.40. The molecular formula is C24H28N2O3. The maximum Gasteiger partial charge on any atom is 0.311 e. The molecule has 3 rings (SSSR count). The van der Waals surface area contributed by atoms with E-state index in [1.807, 2.05) is 0 Å². The fraction of sp³-hybridized carbons (Fsp3) is 0.458. The van der Waals surface area contributed by atoms with Crippen LogP contribution in [0.5, 0.6) is 5.75 Å². The number of carbonyl (C=O) groups excluding carboxylic acids is 1. The van der Waals surface area contributed by atoms with E-state index >= 15 is 0 Å². The Balaban J connectivity index is 1.78. The van der Waals surface area contributed by atoms with Gasteiger partial charge in [-0.25, -0.2) is 0 Å². The Bertz CT molecular complexity index is 921. The summed E-state index contributed by atoms with van der Waals surface area (Å²) in [6.07, 6.45) is 2.88. The molecule has 0 radical (unpaired) electrons. The van der Waals surface area contributed by atoms with Gasteiger partial charge in [0.2, 0.25) is 0 Å². The third-order valence-electron chi connectivity index (χ3n) is 5.62. The van der Waals surface area contributed by atoms with Crippen molar-refractivity contribution in [1.29, 1.82) is 0 Å². The summed E-state index contributed by atoms with van der Waals surface area (Å²) in [4.78, 5) is 11.5. The van der Waals surface area contributed by atoms with E-state index in [1.165, 1.54) is 11.1 Å². The van der Waals surface area contributed by atoms with Crippen LogP contribution in [-0.4, -0.2) is 28.9 Å². The summed E-state index contributed by atoms with van der Waals surface area (Å²) >= 11 is 0. The summed E-state index contributed by atoms with van der Waals surface area (Å²) in [5.74, 6) is 6.96. The van der Waals surface area contributed by atoms with Gasteiger partial charge in [0.25, 0.3) is 0 Å². The van der Waals surface area contributed by atoms with Gasteiger partial charge in [0, 0.05) is 17.4 Å². The second kappa shape index (κ2) is 9.09. The number of nitrogens with zero attached hydrogens (tertiary/aromatic N) is 2. The number of hydrogen-bond donors (Lipinski definition) is 0. The van der Waals surface area contributed by atoms with E-state index in [-0.39, 0.29) is 23.9 Å². The van der Waals surface area contributed by atoms with Gasteiger partial charge in [0.05, 0.1) is 18.7 Å². The van der Waals surface area contributed by atoms with Crippen molar-refractivity contribution in [2.75, 3.05) is 6.61 Å². The normalized spacial score (nSPS) is 16.8. The highest BCUT2D eigenvalue weighted by Crippen LogP contribution is 2.45. The first-order valence-electron chi connectivity index (χ1n) is 10.3. The second-order valence-electron chi connectivity index (χ2n) is 7.46. The number of aromatic nitrogens is 2. The van der Waals surface area contributed by atoms with Crippen LogP contribution in [0.2, 0.25) is 0 Å². The summed E-state index contributed by atoms with van der Waals surface area (Å²) in [5, 5.41) is 8.20. The van der Waals surface area contributed by atoms with Crippen LogP contribution in [0.4, 0.5) is 0 Å². The van der Waals surface area contributed by atoms with Crippen molar-refractivity contribution in [2.45, 2.75) is 64.9 Å². The summed E-state index contributed by atoms with van der Waals surface area (Å²) in [7, 11) is 0. The van der Waals surface area contributed by atoms with E-state index in [1.54, 1.807) is 19.1 Å². The van der Waals surface area contributed by atoms with Crippen LogP contribution < -0.4 is 4.74 Å². The fourth-order valence-corrected chi connectivity index (χ4v) is 3.86. The minimum Gasteiger partial charge on any atom is -0.477 e. The molecule has 0 spiro atoms. The molecule has 0 bridgehead atoms. The summed E-state index contributed by atoms with van der Waals surface area (Å²) in [5.41, 5.74) is 3.68. The van der Waals surface area contributed by atoms with E-state index < -0.39 is 0 Å². The number of esters is 1. The second-order valence-corrected chi connectivity index (χ2v) is 7.46. The van der Waals surface area contributed by atoms with Gasteiger partial charge in [0.15, 0.2) is 6.10 Å². The quantitative estimate of drug-likeness (QED) is 0.565. The van der Waals surface area contributed by atoms with Crippen LogP contribution >= 0.6 is 0 Å². The molecule has 1 aromatic heterocycles. The molecule has 0 saturated carbocycles. The largest absolute Gasteiger partial charge is 0.477 e. The van der Waals surface area contributed by atoms with Crippen molar-refractivity contribution in [3.8, 4) is 17.6 Å². The molecule has 1 aliphatic rings. The molecule has 1 aromatic carbocycles. The Labute approximate surface area is 172 Å². The maximum absolute atomic E-state index is 11.5. The molecule has 5 nitrogen and oxygen atoms in total. The van der Waals surface area contributed by atoms with Gasteiger partial charge in [-0.1, -0.05) is 31.9 Å². The number of aryl methyl sites for hydroxylation is 1. The van der Waals surface area contributed by atoms with Crippen LogP contribution in [-0.2, 0) is 21.4 Å². The lowest BCUT2D eigenvalue weighted by molar-refractivity contribution is -0.142. The average Bonchev–Trinajstić information content (AvgIpc) is 2.72. The molecule has 2 heterocycles. The highest BCUT2D eigenvalue weighted by Gasteiger charge is 2.38. The predicted molar refractivity (Wildman–Crippen MR) is 112 cm³/mol. The standard InChI is InChI=1S/C24H28N2O3/c1-5-24(6-2)16-20(29-22-14-17(4)8-13-21(22)24)12-11-18-9-10-19(26-25-18)15-23(27)28-7-3/h8-10,13-14,20H,5-7,15-16H2,1-4H3. The van der Waals surface area contributed by atoms with Crippen LogP contribution in [0.15, 0.2) is 30.3 Å². The molecule has 0 saturated heterocycles. The Morgan fingerprint density at radius 1 is 1.21 bits per heavy atom. The van der Waals surface area contributed by atoms with Crippen molar-refractivity contribution in [2.24, 2.45) is 0 Å². The Morgan fingerprint density at radius 3 is 2.66 bits per heavy atom.